The summed E-state index contributed by atoms with van der Waals surface area (Å²) in [7, 11) is -4.09. The van der Waals surface area contributed by atoms with Gasteiger partial charge in [0.2, 0.25) is 5.82 Å². The van der Waals surface area contributed by atoms with E-state index in [0.29, 0.717) is 0 Å². The Kier molecular flexibility index (Phi) is 9.09. The summed E-state index contributed by atoms with van der Waals surface area (Å²) >= 11 is 0. The van der Waals surface area contributed by atoms with E-state index in [1.165, 1.54) is 0 Å². The van der Waals surface area contributed by atoms with Crippen LogP contribution in [0.1, 0.15) is 44.0 Å². The van der Waals surface area contributed by atoms with Crippen LogP contribution in [-0.4, -0.2) is 39.2 Å². The molecule has 0 aromatic heterocycles. The second-order valence-electron chi connectivity index (χ2n) is 6.12. The molecule has 0 unspecified atom stereocenters. The number of carbonyl (C=O) groups excluding carboxylic acids is 4. The van der Waals surface area contributed by atoms with Crippen LogP contribution in [0.2, 0.25) is 6.04 Å². The van der Waals surface area contributed by atoms with E-state index in [4.69, 9.17) is 13.3 Å². The van der Waals surface area contributed by atoms with E-state index in [2.05, 4.69) is 0 Å². The van der Waals surface area contributed by atoms with Gasteiger partial charge in [0.05, 0.1) is 6.04 Å². The Labute approximate surface area is 174 Å². The van der Waals surface area contributed by atoms with E-state index in [1.807, 2.05) is 5.32 Å². The predicted octanol–water partition coefficient (Wildman–Crippen LogP) is 2.52. The Balaban J connectivity index is 2.80. The van der Waals surface area contributed by atoms with E-state index in [0.717, 1.165) is 20.8 Å². The monoisotopic (exact) mass is 471 g/mol. The molecular formula is C17H18F5NO7Si. The SMILES string of the molecule is CC(=O)O[Si](CCCCNC(=O)c1c(F)c(F)c(F)c(F)c1F)(OC(C)=O)OC(C)=O. The second-order valence-corrected chi connectivity index (χ2v) is 8.60. The molecule has 1 aromatic carbocycles. The number of unbranched alkanes of at least 4 members (excludes halogenated alkanes) is 1. The molecule has 31 heavy (non-hydrogen) atoms. The minimum absolute atomic E-state index is 0.0136. The van der Waals surface area contributed by atoms with Crippen LogP contribution in [0.3, 0.4) is 0 Å². The molecule has 0 aliphatic heterocycles. The van der Waals surface area contributed by atoms with Gasteiger partial charge in [-0.2, -0.15) is 0 Å². The molecule has 0 fully saturated rings. The van der Waals surface area contributed by atoms with Crippen LogP contribution in [0.4, 0.5) is 22.0 Å². The van der Waals surface area contributed by atoms with Crippen LogP contribution in [0.25, 0.3) is 0 Å². The van der Waals surface area contributed by atoms with Gasteiger partial charge in [-0.3, -0.25) is 19.2 Å². The van der Waals surface area contributed by atoms with Crippen molar-refractivity contribution in [2.75, 3.05) is 6.54 Å². The Morgan fingerprint density at radius 2 is 1.10 bits per heavy atom. The first-order valence-corrected chi connectivity index (χ1v) is 10.6. The lowest BCUT2D eigenvalue weighted by Crippen LogP contribution is -2.49. The number of rotatable bonds is 9. The number of nitrogens with one attached hydrogen (secondary N) is 1. The van der Waals surface area contributed by atoms with Crippen LogP contribution in [0.5, 0.6) is 0 Å². The maximum Gasteiger partial charge on any atom is 0.705 e. The third-order valence-electron chi connectivity index (χ3n) is 3.53. The Bertz CT molecular complexity index is 826. The molecule has 8 nitrogen and oxygen atoms in total. The fourth-order valence-corrected chi connectivity index (χ4v) is 4.86. The van der Waals surface area contributed by atoms with Crippen LogP contribution < -0.4 is 5.32 Å². The first kappa shape index (κ1) is 26.0. The summed E-state index contributed by atoms with van der Waals surface area (Å²) in [6.07, 6.45) is 0.0388. The molecule has 1 rings (SSSR count). The zero-order chi connectivity index (χ0) is 23.9. The Morgan fingerprint density at radius 1 is 0.710 bits per heavy atom. The molecule has 0 bridgehead atoms. The maximum absolute atomic E-state index is 13.6. The van der Waals surface area contributed by atoms with Crippen LogP contribution >= 0.6 is 0 Å². The van der Waals surface area contributed by atoms with E-state index >= 15 is 0 Å². The normalized spacial score (nSPS) is 11.0. The molecule has 0 heterocycles. The van der Waals surface area contributed by atoms with Crippen molar-refractivity contribution >= 4 is 32.6 Å². The maximum atomic E-state index is 13.6. The van der Waals surface area contributed by atoms with Gasteiger partial charge < -0.3 is 18.6 Å². The molecule has 0 atom stereocenters. The van der Waals surface area contributed by atoms with Crippen LogP contribution in [-0.2, 0) is 27.7 Å². The zero-order valence-electron chi connectivity index (χ0n) is 16.6. The van der Waals surface area contributed by atoms with Gasteiger partial charge in [0.1, 0.15) is 5.56 Å². The van der Waals surface area contributed by atoms with Gasteiger partial charge in [-0.1, -0.05) is 0 Å². The van der Waals surface area contributed by atoms with Gasteiger partial charge in [-0.05, 0) is 12.8 Å². The number of halogens is 5. The summed E-state index contributed by atoms with van der Waals surface area (Å²) in [6, 6.07) is -0.232. The molecule has 0 saturated carbocycles. The Morgan fingerprint density at radius 3 is 1.48 bits per heavy atom. The van der Waals surface area contributed by atoms with E-state index < -0.39 is 67.3 Å². The highest BCUT2D eigenvalue weighted by Crippen LogP contribution is 2.23. The lowest BCUT2D eigenvalue weighted by Gasteiger charge is -2.26. The van der Waals surface area contributed by atoms with Crippen molar-refractivity contribution < 1.29 is 54.4 Å². The van der Waals surface area contributed by atoms with Crippen LogP contribution in [0.15, 0.2) is 0 Å². The zero-order valence-corrected chi connectivity index (χ0v) is 17.6. The molecule has 1 aromatic rings. The average molecular weight is 471 g/mol. The molecule has 0 saturated heterocycles. The summed E-state index contributed by atoms with van der Waals surface area (Å²) in [5.41, 5.74) is -1.64. The van der Waals surface area contributed by atoms with Crippen molar-refractivity contribution in [2.45, 2.75) is 39.7 Å². The summed E-state index contributed by atoms with van der Waals surface area (Å²) < 4.78 is 81.5. The predicted molar refractivity (Wildman–Crippen MR) is 93.7 cm³/mol. The van der Waals surface area contributed by atoms with Crippen molar-refractivity contribution in [3.63, 3.8) is 0 Å². The molecule has 0 aliphatic rings. The van der Waals surface area contributed by atoms with Gasteiger partial charge in [-0.25, -0.2) is 22.0 Å². The molecule has 0 radical (unpaired) electrons. The molecule has 1 N–H and O–H groups in total. The van der Waals surface area contributed by atoms with E-state index in [1.54, 1.807) is 0 Å². The lowest BCUT2D eigenvalue weighted by molar-refractivity contribution is -0.147. The van der Waals surface area contributed by atoms with Gasteiger partial charge >= 0.3 is 8.80 Å². The number of benzene rings is 1. The minimum atomic E-state index is -4.09. The van der Waals surface area contributed by atoms with Crippen molar-refractivity contribution in [1.29, 1.82) is 0 Å². The number of carbonyl (C=O) groups is 4. The highest BCUT2D eigenvalue weighted by Gasteiger charge is 2.51. The quantitative estimate of drug-likeness (QED) is 0.194. The Hall–Kier alpha value is -3.03. The standard InChI is InChI=1S/C17H18F5NO7Si/c1-8(24)28-31(29-9(2)25,30-10(3)26)7-5-4-6-23-17(27)11-12(18)14(20)16(22)15(21)13(11)19/h4-7H2,1-3H3,(H,23,27). The highest BCUT2D eigenvalue weighted by molar-refractivity contribution is 6.65. The first-order chi connectivity index (χ1) is 14.3. The molecule has 1 amide bonds. The summed E-state index contributed by atoms with van der Waals surface area (Å²) in [5.74, 6) is -15.7. The highest BCUT2D eigenvalue weighted by atomic mass is 28.4. The minimum Gasteiger partial charge on any atom is -0.455 e. The molecule has 0 aliphatic carbocycles. The fraction of sp³-hybridized carbons (Fsp3) is 0.412. The summed E-state index contributed by atoms with van der Waals surface area (Å²) in [6.45, 7) is 2.69. The fourth-order valence-electron chi connectivity index (χ4n) is 2.43. The number of amides is 1. The number of hydrogen-bond acceptors (Lipinski definition) is 7. The van der Waals surface area contributed by atoms with Crippen molar-refractivity contribution in [3.8, 4) is 0 Å². The number of hydrogen-bond donors (Lipinski definition) is 1. The molecular weight excluding hydrogens is 453 g/mol. The average Bonchev–Trinajstić information content (AvgIpc) is 2.62. The van der Waals surface area contributed by atoms with E-state index in [9.17, 15) is 41.1 Å². The van der Waals surface area contributed by atoms with Crippen molar-refractivity contribution in [1.82, 2.24) is 5.32 Å². The van der Waals surface area contributed by atoms with Crippen molar-refractivity contribution in [2.24, 2.45) is 0 Å². The smallest absolute Gasteiger partial charge is 0.455 e. The molecule has 0 spiro atoms. The molecule has 172 valence electrons. The van der Waals surface area contributed by atoms with Gasteiger partial charge in [0, 0.05) is 27.3 Å². The summed E-state index contributed by atoms with van der Waals surface area (Å²) in [5, 5.41) is 1.98. The first-order valence-electron chi connectivity index (χ1n) is 8.69. The van der Waals surface area contributed by atoms with Gasteiger partial charge in [0.15, 0.2) is 23.3 Å². The second kappa shape index (κ2) is 10.8. The van der Waals surface area contributed by atoms with Gasteiger partial charge in [-0.15, -0.1) is 0 Å². The summed E-state index contributed by atoms with van der Waals surface area (Å²) in [4.78, 5) is 45.8. The van der Waals surface area contributed by atoms with Crippen LogP contribution in [0, 0.1) is 29.1 Å². The largest absolute Gasteiger partial charge is 0.705 e. The van der Waals surface area contributed by atoms with Gasteiger partial charge in [0.25, 0.3) is 23.8 Å². The topological polar surface area (TPSA) is 108 Å². The third kappa shape index (κ3) is 7.01. The van der Waals surface area contributed by atoms with E-state index in [-0.39, 0.29) is 25.4 Å². The lowest BCUT2D eigenvalue weighted by atomic mass is 10.1. The van der Waals surface area contributed by atoms with Crippen molar-refractivity contribution in [3.05, 3.63) is 34.6 Å². The molecule has 14 heteroatoms. The third-order valence-corrected chi connectivity index (χ3v) is 6.29.